The molecule has 0 atom stereocenters. The quantitative estimate of drug-likeness (QED) is 0.464. The van der Waals surface area contributed by atoms with Crippen LogP contribution in [0.1, 0.15) is 10.5 Å². The Labute approximate surface area is 132 Å². The summed E-state index contributed by atoms with van der Waals surface area (Å²) in [6, 6.07) is 5.95. The Balaban J connectivity index is 2.46. The molecule has 21 heavy (non-hydrogen) atoms. The van der Waals surface area contributed by atoms with Gasteiger partial charge in [-0.3, -0.25) is 10.1 Å². The number of rotatable bonds is 4. The number of carbonyl (C=O) groups excluding carboxylic acids is 1. The second-order valence-electron chi connectivity index (χ2n) is 3.66. The van der Waals surface area contributed by atoms with Crippen molar-refractivity contribution in [2.24, 2.45) is 0 Å². The predicted molar refractivity (Wildman–Crippen MR) is 78.3 cm³/mol. The van der Waals surface area contributed by atoms with E-state index in [2.05, 4.69) is 30.6 Å². The molecule has 0 bridgehead atoms. The van der Waals surface area contributed by atoms with Crippen LogP contribution >= 0.6 is 27.7 Å². The highest BCUT2D eigenvalue weighted by atomic mass is 79.9. The molecule has 2 aromatic rings. The Morgan fingerprint density at radius 1 is 1.38 bits per heavy atom. The molecule has 0 amide bonds. The number of carbonyl (C=O) groups is 1. The Bertz CT molecular complexity index is 711. The first-order chi connectivity index (χ1) is 10.0. The highest BCUT2D eigenvalue weighted by molar-refractivity contribution is 9.10. The summed E-state index contributed by atoms with van der Waals surface area (Å²) in [6.07, 6.45) is 1.56. The number of nitro groups is 1. The van der Waals surface area contributed by atoms with Crippen molar-refractivity contribution in [3.63, 3.8) is 0 Å². The number of methoxy groups -OCH3 is 1. The van der Waals surface area contributed by atoms with Gasteiger partial charge in [0.05, 0.1) is 16.5 Å². The molecular formula is C12H8BrN3O4S. The van der Waals surface area contributed by atoms with E-state index in [9.17, 15) is 14.9 Å². The maximum absolute atomic E-state index is 11.5. The average molecular weight is 370 g/mol. The topological polar surface area (TPSA) is 95.2 Å². The van der Waals surface area contributed by atoms with Gasteiger partial charge in [0.2, 0.25) is 0 Å². The lowest BCUT2D eigenvalue weighted by Gasteiger charge is -2.05. The van der Waals surface area contributed by atoms with Gasteiger partial charge in [0, 0.05) is 12.3 Å². The van der Waals surface area contributed by atoms with Gasteiger partial charge >= 0.3 is 11.7 Å². The first kappa shape index (κ1) is 15.4. The minimum atomic E-state index is -0.660. The third kappa shape index (κ3) is 3.56. The number of nitrogens with zero attached hydrogens (tertiary/aromatic N) is 3. The Morgan fingerprint density at radius 2 is 2.14 bits per heavy atom. The maximum Gasteiger partial charge on any atom is 0.356 e. The first-order valence-corrected chi connectivity index (χ1v) is 7.16. The molecular weight excluding hydrogens is 362 g/mol. The minimum Gasteiger partial charge on any atom is -0.464 e. The third-order valence-corrected chi connectivity index (χ3v) is 4.26. The lowest BCUT2D eigenvalue weighted by molar-refractivity contribution is -0.388. The van der Waals surface area contributed by atoms with Crippen LogP contribution in [-0.2, 0) is 4.74 Å². The van der Waals surface area contributed by atoms with Crippen LogP contribution in [0.15, 0.2) is 45.0 Å². The van der Waals surface area contributed by atoms with E-state index in [1.54, 1.807) is 18.3 Å². The normalized spacial score (nSPS) is 10.2. The van der Waals surface area contributed by atoms with Gasteiger partial charge in [-0.25, -0.2) is 14.8 Å². The molecule has 0 unspecified atom stereocenters. The molecule has 9 heteroatoms. The van der Waals surface area contributed by atoms with E-state index in [-0.39, 0.29) is 16.4 Å². The summed E-state index contributed by atoms with van der Waals surface area (Å²) in [5.74, 6) is -0.660. The number of hydrogen-bond acceptors (Lipinski definition) is 7. The number of ether oxygens (including phenoxy) is 1. The molecule has 2 heterocycles. The molecule has 0 saturated carbocycles. The zero-order valence-corrected chi connectivity index (χ0v) is 13.1. The van der Waals surface area contributed by atoms with Crippen molar-refractivity contribution in [1.82, 2.24) is 9.97 Å². The number of halogens is 1. The summed E-state index contributed by atoms with van der Waals surface area (Å²) >= 11 is 4.30. The SMILES string of the molecule is COC(=O)c1ccc([N+](=O)[O-])c(Sc2ncccc2Br)n1. The highest BCUT2D eigenvalue weighted by Crippen LogP contribution is 2.35. The second kappa shape index (κ2) is 6.64. The molecule has 0 saturated heterocycles. The molecule has 7 nitrogen and oxygen atoms in total. The predicted octanol–water partition coefficient (Wildman–Crippen LogP) is 3.09. The number of pyridine rings is 2. The second-order valence-corrected chi connectivity index (χ2v) is 5.49. The largest absolute Gasteiger partial charge is 0.464 e. The fourth-order valence-corrected chi connectivity index (χ4v) is 2.75. The van der Waals surface area contributed by atoms with Crippen molar-refractivity contribution >= 4 is 39.3 Å². The third-order valence-electron chi connectivity index (χ3n) is 2.35. The van der Waals surface area contributed by atoms with Crippen molar-refractivity contribution in [3.8, 4) is 0 Å². The van der Waals surface area contributed by atoms with Gasteiger partial charge in [-0.05, 0) is 45.9 Å². The van der Waals surface area contributed by atoms with Crippen LogP contribution < -0.4 is 0 Å². The van der Waals surface area contributed by atoms with E-state index in [1.807, 2.05) is 0 Å². The Hall–Kier alpha value is -2.00. The van der Waals surface area contributed by atoms with Crippen LogP contribution in [0.2, 0.25) is 0 Å². The van der Waals surface area contributed by atoms with E-state index in [0.717, 1.165) is 11.8 Å². The van der Waals surface area contributed by atoms with Crippen LogP contribution in [0, 0.1) is 10.1 Å². The molecule has 0 fully saturated rings. The van der Waals surface area contributed by atoms with E-state index in [0.29, 0.717) is 9.50 Å². The summed E-state index contributed by atoms with van der Waals surface area (Å²) in [5, 5.41) is 11.6. The number of hydrogen-bond donors (Lipinski definition) is 0. The van der Waals surface area contributed by atoms with Crippen molar-refractivity contribution in [2.75, 3.05) is 7.11 Å². The molecule has 0 radical (unpaired) electrons. The average Bonchev–Trinajstić information content (AvgIpc) is 2.48. The zero-order chi connectivity index (χ0) is 15.4. The summed E-state index contributed by atoms with van der Waals surface area (Å²) in [4.78, 5) is 30.1. The van der Waals surface area contributed by atoms with E-state index >= 15 is 0 Å². The van der Waals surface area contributed by atoms with Crippen molar-refractivity contribution in [2.45, 2.75) is 10.1 Å². The lowest BCUT2D eigenvalue weighted by Crippen LogP contribution is -2.06. The molecule has 0 aliphatic heterocycles. The molecule has 108 valence electrons. The smallest absolute Gasteiger partial charge is 0.356 e. The van der Waals surface area contributed by atoms with E-state index in [1.165, 1.54) is 19.2 Å². The molecule has 2 rings (SSSR count). The van der Waals surface area contributed by atoms with Gasteiger partial charge in [0.15, 0.2) is 5.03 Å². The van der Waals surface area contributed by atoms with Crippen molar-refractivity contribution in [1.29, 1.82) is 0 Å². The molecule has 0 N–H and O–H groups in total. The summed E-state index contributed by atoms with van der Waals surface area (Å²) in [7, 11) is 1.22. The van der Waals surface area contributed by atoms with Crippen LogP contribution in [0.5, 0.6) is 0 Å². The van der Waals surface area contributed by atoms with Crippen LogP contribution in [0.3, 0.4) is 0 Å². The van der Waals surface area contributed by atoms with E-state index in [4.69, 9.17) is 0 Å². The molecule has 0 spiro atoms. The standard InChI is InChI=1S/C12H8BrN3O4S/c1-20-12(17)8-4-5-9(16(18)19)11(15-8)21-10-7(13)3-2-6-14-10/h2-6H,1H3. The summed E-state index contributed by atoms with van der Waals surface area (Å²) < 4.78 is 5.24. The van der Waals surface area contributed by atoms with Crippen LogP contribution in [0.4, 0.5) is 5.69 Å². The summed E-state index contributed by atoms with van der Waals surface area (Å²) in [5.41, 5.74) is -0.206. The van der Waals surface area contributed by atoms with Crippen LogP contribution in [0.25, 0.3) is 0 Å². The Morgan fingerprint density at radius 3 is 2.76 bits per heavy atom. The Kier molecular flexibility index (Phi) is 4.86. The highest BCUT2D eigenvalue weighted by Gasteiger charge is 2.21. The fraction of sp³-hybridized carbons (Fsp3) is 0.0833. The van der Waals surface area contributed by atoms with E-state index < -0.39 is 10.9 Å². The van der Waals surface area contributed by atoms with Gasteiger partial charge < -0.3 is 4.74 Å². The van der Waals surface area contributed by atoms with Crippen molar-refractivity contribution in [3.05, 3.63) is 50.7 Å². The van der Waals surface area contributed by atoms with Crippen LogP contribution in [-0.4, -0.2) is 28.0 Å². The van der Waals surface area contributed by atoms with Gasteiger partial charge in [0.1, 0.15) is 10.7 Å². The maximum atomic E-state index is 11.5. The first-order valence-electron chi connectivity index (χ1n) is 5.55. The zero-order valence-electron chi connectivity index (χ0n) is 10.6. The van der Waals surface area contributed by atoms with Gasteiger partial charge in [-0.1, -0.05) is 0 Å². The minimum absolute atomic E-state index is 0.00217. The monoisotopic (exact) mass is 369 g/mol. The number of aromatic nitrogens is 2. The van der Waals surface area contributed by atoms with Crippen molar-refractivity contribution < 1.29 is 14.5 Å². The molecule has 0 aliphatic rings. The van der Waals surface area contributed by atoms with Gasteiger partial charge in [-0.15, -0.1) is 0 Å². The number of esters is 1. The molecule has 2 aromatic heterocycles. The fourth-order valence-electron chi connectivity index (χ4n) is 1.40. The lowest BCUT2D eigenvalue weighted by atomic mass is 10.3. The van der Waals surface area contributed by atoms with Gasteiger partial charge in [-0.2, -0.15) is 0 Å². The van der Waals surface area contributed by atoms with Gasteiger partial charge in [0.25, 0.3) is 0 Å². The molecule has 0 aromatic carbocycles. The summed E-state index contributed by atoms with van der Waals surface area (Å²) in [6.45, 7) is 0. The molecule has 0 aliphatic carbocycles.